The molecule has 0 unspecified atom stereocenters. The maximum Gasteiger partial charge on any atom is 0.240 e. The lowest BCUT2D eigenvalue weighted by atomic mass is 10.1. The average molecular weight is 444 g/mol. The van der Waals surface area contributed by atoms with Gasteiger partial charge in [-0.05, 0) is 50.8 Å². The number of H-pyrrole nitrogens is 1. The number of hydrogen-bond acceptors (Lipinski definition) is 4. The van der Waals surface area contributed by atoms with E-state index in [0.717, 1.165) is 52.4 Å². The van der Waals surface area contributed by atoms with Crippen LogP contribution in [0.25, 0.3) is 22.3 Å². The lowest BCUT2D eigenvalue weighted by molar-refractivity contribution is -0.118. The Hall–Kier alpha value is -3.06. The topological polar surface area (TPSA) is 66.8 Å². The zero-order chi connectivity index (χ0) is 21.8. The van der Waals surface area contributed by atoms with Crippen LogP contribution in [0, 0.1) is 0 Å². The van der Waals surface area contributed by atoms with Gasteiger partial charge in [-0.15, -0.1) is 10.2 Å². The third-order valence-electron chi connectivity index (χ3n) is 6.48. The second-order valence-electron chi connectivity index (χ2n) is 8.81. The Bertz CT molecular complexity index is 1320. The number of benzene rings is 2. The van der Waals surface area contributed by atoms with Crippen molar-refractivity contribution in [3.8, 4) is 11.4 Å². The first kappa shape index (κ1) is 19.6. The number of aromatic nitrogens is 4. The van der Waals surface area contributed by atoms with Crippen LogP contribution in [0.15, 0.2) is 59.9 Å². The molecule has 4 aromatic rings. The van der Waals surface area contributed by atoms with Crippen LogP contribution in [0.4, 0.5) is 5.69 Å². The summed E-state index contributed by atoms with van der Waals surface area (Å²) in [5.74, 6) is 1.01. The van der Waals surface area contributed by atoms with Crippen LogP contribution in [0.1, 0.15) is 38.3 Å². The molecule has 1 aliphatic heterocycles. The zero-order valence-corrected chi connectivity index (χ0v) is 19.0. The van der Waals surface area contributed by atoms with Crippen molar-refractivity contribution in [3.63, 3.8) is 0 Å². The molecule has 2 aliphatic rings. The van der Waals surface area contributed by atoms with Crippen molar-refractivity contribution in [3.05, 3.63) is 60.3 Å². The van der Waals surface area contributed by atoms with Gasteiger partial charge in [-0.2, -0.15) is 0 Å². The largest absolute Gasteiger partial charge is 0.360 e. The third kappa shape index (κ3) is 3.14. The Morgan fingerprint density at radius 2 is 1.91 bits per heavy atom. The molecule has 32 heavy (non-hydrogen) atoms. The van der Waals surface area contributed by atoms with Crippen LogP contribution in [0.3, 0.4) is 0 Å². The number of anilines is 1. The van der Waals surface area contributed by atoms with Gasteiger partial charge in [0.25, 0.3) is 0 Å². The van der Waals surface area contributed by atoms with E-state index in [-0.39, 0.29) is 17.2 Å². The minimum Gasteiger partial charge on any atom is -0.360 e. The Labute approximate surface area is 191 Å². The molecule has 1 N–H and O–H groups in total. The summed E-state index contributed by atoms with van der Waals surface area (Å²) in [6.07, 6.45) is 5.17. The van der Waals surface area contributed by atoms with E-state index in [1.807, 2.05) is 42.3 Å². The molecule has 6 rings (SSSR count). The van der Waals surface area contributed by atoms with Gasteiger partial charge in [0.15, 0.2) is 11.0 Å². The lowest BCUT2D eigenvalue weighted by Crippen LogP contribution is -2.40. The molecule has 7 heteroatoms. The number of thioether (sulfide) groups is 1. The minimum absolute atomic E-state index is 0.131. The number of aromatic amines is 1. The number of carbonyl (C=O) groups excluding carboxylic acids is 1. The number of carbonyl (C=O) groups is 1. The maximum absolute atomic E-state index is 13.5. The smallest absolute Gasteiger partial charge is 0.240 e. The normalized spacial score (nSPS) is 18.8. The number of nitrogens with zero attached hydrogens (tertiary/aromatic N) is 4. The molecule has 0 saturated heterocycles. The lowest BCUT2D eigenvalue weighted by Gasteiger charge is -2.25. The van der Waals surface area contributed by atoms with E-state index in [9.17, 15) is 4.79 Å². The number of para-hydroxylation sites is 2. The van der Waals surface area contributed by atoms with Crippen molar-refractivity contribution >= 4 is 34.3 Å². The molecule has 0 radical (unpaired) electrons. The maximum atomic E-state index is 13.5. The molecule has 0 bridgehead atoms. The Morgan fingerprint density at radius 3 is 2.75 bits per heavy atom. The highest BCUT2D eigenvalue weighted by atomic mass is 32.2. The van der Waals surface area contributed by atoms with Gasteiger partial charge >= 0.3 is 0 Å². The first-order chi connectivity index (χ1) is 15.6. The fourth-order valence-corrected chi connectivity index (χ4v) is 5.73. The average Bonchev–Trinajstić information content (AvgIpc) is 3.27. The van der Waals surface area contributed by atoms with Gasteiger partial charge in [0.05, 0.1) is 5.25 Å². The van der Waals surface area contributed by atoms with Gasteiger partial charge < -0.3 is 9.88 Å². The number of hydrogen-bond donors (Lipinski definition) is 1. The van der Waals surface area contributed by atoms with Crippen molar-refractivity contribution in [2.24, 2.45) is 0 Å². The van der Waals surface area contributed by atoms with Crippen LogP contribution in [0.5, 0.6) is 0 Å². The molecule has 2 aromatic carbocycles. The minimum atomic E-state index is -0.249. The summed E-state index contributed by atoms with van der Waals surface area (Å²) < 4.78 is 2.24. The molecule has 1 amide bonds. The van der Waals surface area contributed by atoms with Crippen LogP contribution in [0.2, 0.25) is 0 Å². The summed E-state index contributed by atoms with van der Waals surface area (Å²) in [5.41, 5.74) is 4.44. The van der Waals surface area contributed by atoms with Gasteiger partial charge in [0.2, 0.25) is 5.91 Å². The van der Waals surface area contributed by atoms with Crippen molar-refractivity contribution in [1.29, 1.82) is 0 Å². The summed E-state index contributed by atoms with van der Waals surface area (Å²) in [4.78, 5) is 18.8. The van der Waals surface area contributed by atoms with Gasteiger partial charge in [-0.25, -0.2) is 0 Å². The van der Waals surface area contributed by atoms with Gasteiger partial charge in [-0.3, -0.25) is 9.36 Å². The first-order valence-electron chi connectivity index (χ1n) is 11.2. The fraction of sp³-hybridized carbons (Fsp3) is 0.320. The monoisotopic (exact) mass is 443 g/mol. The number of rotatable bonds is 5. The first-order valence-corrected chi connectivity index (χ1v) is 12.1. The van der Waals surface area contributed by atoms with Crippen LogP contribution in [-0.2, 0) is 11.2 Å². The number of nitrogens with one attached hydrogen (secondary N) is 1. The van der Waals surface area contributed by atoms with Crippen molar-refractivity contribution in [2.75, 3.05) is 4.90 Å². The highest BCUT2D eigenvalue weighted by Gasteiger charge is 2.36. The molecule has 2 atom stereocenters. The second-order valence-corrected chi connectivity index (χ2v) is 10.1. The standard InChI is InChI=1S/C25H25N5OS/c1-15-13-17-7-3-6-10-22(17)29(15)24(31)16(2)32-25-28-27-23(30(25)18-11-12-18)20-14-26-21-9-5-4-8-19(20)21/h3-10,14-16,18,26H,11-13H2,1-2H3/t15-,16-/m1/s1. The van der Waals surface area contributed by atoms with Gasteiger partial charge in [-0.1, -0.05) is 48.2 Å². The number of fused-ring (bicyclic) bond motifs is 2. The number of amides is 1. The highest BCUT2D eigenvalue weighted by Crippen LogP contribution is 2.43. The summed E-state index contributed by atoms with van der Waals surface area (Å²) in [7, 11) is 0. The Balaban J connectivity index is 1.31. The quantitative estimate of drug-likeness (QED) is 0.430. The molecular weight excluding hydrogens is 418 g/mol. The molecule has 162 valence electrons. The summed E-state index contributed by atoms with van der Waals surface area (Å²) in [6, 6.07) is 17.1. The van der Waals surface area contributed by atoms with Crippen molar-refractivity contribution < 1.29 is 4.79 Å². The van der Waals surface area contributed by atoms with Crippen molar-refractivity contribution in [1.82, 2.24) is 19.7 Å². The molecular formula is C25H25N5OS. The molecule has 1 saturated carbocycles. The third-order valence-corrected chi connectivity index (χ3v) is 7.53. The fourth-order valence-electron chi connectivity index (χ4n) is 4.77. The summed E-state index contributed by atoms with van der Waals surface area (Å²) in [5, 5.41) is 10.8. The van der Waals surface area contributed by atoms with E-state index in [0.29, 0.717) is 6.04 Å². The van der Waals surface area contributed by atoms with E-state index in [1.54, 1.807) is 0 Å². The molecule has 1 fully saturated rings. The zero-order valence-electron chi connectivity index (χ0n) is 18.2. The van der Waals surface area contributed by atoms with Crippen LogP contribution in [-0.4, -0.2) is 36.9 Å². The van der Waals surface area contributed by atoms with E-state index in [1.165, 1.54) is 17.3 Å². The summed E-state index contributed by atoms with van der Waals surface area (Å²) in [6.45, 7) is 4.11. The molecule has 6 nitrogen and oxygen atoms in total. The molecule has 0 spiro atoms. The SMILES string of the molecule is C[C@@H]1Cc2ccccc2N1C(=O)[C@@H](C)Sc1nnc(-c2c[nH]c3ccccc23)n1C1CC1. The van der Waals surface area contributed by atoms with E-state index < -0.39 is 0 Å². The molecule has 2 aromatic heterocycles. The van der Waals surface area contributed by atoms with Crippen LogP contribution >= 0.6 is 11.8 Å². The van der Waals surface area contributed by atoms with Crippen molar-refractivity contribution in [2.45, 2.75) is 55.6 Å². The van der Waals surface area contributed by atoms with Crippen LogP contribution < -0.4 is 4.90 Å². The highest BCUT2D eigenvalue weighted by molar-refractivity contribution is 8.00. The Kier molecular flexibility index (Phi) is 4.61. The predicted molar refractivity (Wildman–Crippen MR) is 128 cm³/mol. The van der Waals surface area contributed by atoms with E-state index >= 15 is 0 Å². The summed E-state index contributed by atoms with van der Waals surface area (Å²) >= 11 is 1.52. The van der Waals surface area contributed by atoms with E-state index in [4.69, 9.17) is 0 Å². The molecule has 1 aliphatic carbocycles. The predicted octanol–water partition coefficient (Wildman–Crippen LogP) is 5.22. The second kappa shape index (κ2) is 7.52. The molecule has 3 heterocycles. The van der Waals surface area contributed by atoms with Gasteiger partial charge in [0.1, 0.15) is 0 Å². The van der Waals surface area contributed by atoms with E-state index in [2.05, 4.69) is 50.9 Å². The Morgan fingerprint density at radius 1 is 1.12 bits per heavy atom. The van der Waals surface area contributed by atoms with Gasteiger partial charge in [0, 0.05) is 40.4 Å².